The van der Waals surface area contributed by atoms with Crippen LogP contribution < -0.4 is 9.47 Å². The Morgan fingerprint density at radius 2 is 1.96 bits per heavy atom. The molecule has 1 atom stereocenters. The lowest BCUT2D eigenvalue weighted by atomic mass is 10.1. The van der Waals surface area contributed by atoms with Gasteiger partial charge in [-0.3, -0.25) is 4.79 Å². The van der Waals surface area contributed by atoms with Crippen molar-refractivity contribution in [3.63, 3.8) is 0 Å². The van der Waals surface area contributed by atoms with Gasteiger partial charge in [-0.05, 0) is 49.8 Å². The third-order valence-corrected chi connectivity index (χ3v) is 3.99. The molecule has 134 valence electrons. The first-order valence-corrected chi connectivity index (χ1v) is 8.53. The maximum atomic E-state index is 12.5. The molecule has 0 spiro atoms. The molecular formula is C20H17ClO5. The molecule has 6 heteroatoms. The molecule has 1 aliphatic heterocycles. The van der Waals surface area contributed by atoms with E-state index in [1.54, 1.807) is 62.4 Å². The number of esters is 1. The van der Waals surface area contributed by atoms with Crippen LogP contribution in [0.5, 0.6) is 11.5 Å². The molecule has 0 amide bonds. The topological polar surface area (TPSA) is 61.8 Å². The monoisotopic (exact) mass is 372 g/mol. The number of halogens is 1. The Hall–Kier alpha value is -2.79. The average Bonchev–Trinajstić information content (AvgIpc) is 2.92. The van der Waals surface area contributed by atoms with Gasteiger partial charge in [0, 0.05) is 11.1 Å². The lowest BCUT2D eigenvalue weighted by Gasteiger charge is -2.13. The summed E-state index contributed by atoms with van der Waals surface area (Å²) in [5.74, 6) is 0.375. The fourth-order valence-electron chi connectivity index (χ4n) is 2.46. The number of ketones is 1. The molecule has 26 heavy (non-hydrogen) atoms. The first-order chi connectivity index (χ1) is 12.5. The van der Waals surface area contributed by atoms with Crippen molar-refractivity contribution < 1.29 is 23.8 Å². The molecule has 5 nitrogen and oxygen atoms in total. The zero-order valence-corrected chi connectivity index (χ0v) is 15.1. The summed E-state index contributed by atoms with van der Waals surface area (Å²) in [5, 5.41) is 0.617. The second-order valence-electron chi connectivity index (χ2n) is 5.66. The predicted octanol–water partition coefficient (Wildman–Crippen LogP) is 4.29. The van der Waals surface area contributed by atoms with Gasteiger partial charge in [-0.15, -0.1) is 0 Å². The molecule has 0 aliphatic carbocycles. The number of hydrogen-bond acceptors (Lipinski definition) is 5. The predicted molar refractivity (Wildman–Crippen MR) is 97.6 cm³/mol. The number of carbonyl (C=O) groups is 2. The summed E-state index contributed by atoms with van der Waals surface area (Å²) in [6, 6.07) is 11.9. The van der Waals surface area contributed by atoms with E-state index in [1.165, 1.54) is 0 Å². The van der Waals surface area contributed by atoms with E-state index in [9.17, 15) is 9.59 Å². The number of fused-ring (bicyclic) bond motifs is 1. The number of ether oxygens (including phenoxy) is 3. The highest BCUT2D eigenvalue weighted by Crippen LogP contribution is 2.35. The van der Waals surface area contributed by atoms with Crippen LogP contribution >= 0.6 is 11.6 Å². The van der Waals surface area contributed by atoms with Gasteiger partial charge in [0.05, 0.1) is 12.2 Å². The molecule has 0 bridgehead atoms. The van der Waals surface area contributed by atoms with Crippen molar-refractivity contribution in [1.82, 2.24) is 0 Å². The molecule has 0 aromatic heterocycles. The van der Waals surface area contributed by atoms with E-state index in [4.69, 9.17) is 25.8 Å². The first-order valence-electron chi connectivity index (χ1n) is 8.15. The lowest BCUT2D eigenvalue weighted by Crippen LogP contribution is -2.26. The van der Waals surface area contributed by atoms with Gasteiger partial charge in [0.15, 0.2) is 11.9 Å². The molecule has 2 aromatic carbocycles. The second kappa shape index (κ2) is 7.62. The minimum atomic E-state index is -0.755. The standard InChI is InChI=1S/C20H17ClO5/c1-3-24-20(23)12(2)25-15-8-9-16-17(11-15)26-18(19(16)22)10-13-4-6-14(21)7-5-13/h4-12H,3H2,1-2H3. The maximum Gasteiger partial charge on any atom is 0.347 e. The fourth-order valence-corrected chi connectivity index (χ4v) is 2.59. The van der Waals surface area contributed by atoms with Gasteiger partial charge in [0.1, 0.15) is 11.5 Å². The molecule has 1 aliphatic rings. The molecule has 3 rings (SSSR count). The van der Waals surface area contributed by atoms with Crippen LogP contribution in [0.2, 0.25) is 5.02 Å². The van der Waals surface area contributed by atoms with E-state index in [1.807, 2.05) is 0 Å². The number of Topliss-reactive ketones (excluding diaryl/α,β-unsaturated/α-hetero) is 1. The van der Waals surface area contributed by atoms with Crippen LogP contribution in [-0.2, 0) is 9.53 Å². The van der Waals surface area contributed by atoms with Gasteiger partial charge in [0.2, 0.25) is 5.78 Å². The summed E-state index contributed by atoms with van der Waals surface area (Å²) < 4.78 is 16.1. The van der Waals surface area contributed by atoms with E-state index in [0.717, 1.165) is 5.56 Å². The smallest absolute Gasteiger partial charge is 0.347 e. The highest BCUT2D eigenvalue weighted by Gasteiger charge is 2.28. The molecule has 0 radical (unpaired) electrons. The third kappa shape index (κ3) is 3.89. The van der Waals surface area contributed by atoms with Crippen LogP contribution in [0.1, 0.15) is 29.8 Å². The van der Waals surface area contributed by atoms with Gasteiger partial charge < -0.3 is 14.2 Å². The van der Waals surface area contributed by atoms with Gasteiger partial charge >= 0.3 is 5.97 Å². The number of carbonyl (C=O) groups excluding carboxylic acids is 2. The van der Waals surface area contributed by atoms with Gasteiger partial charge in [0.25, 0.3) is 0 Å². The van der Waals surface area contributed by atoms with Crippen molar-refractivity contribution in [3.05, 3.63) is 64.4 Å². The SMILES string of the molecule is CCOC(=O)C(C)Oc1ccc2c(c1)OC(=Cc1ccc(Cl)cc1)C2=O. The molecular weight excluding hydrogens is 356 g/mol. The molecule has 0 N–H and O–H groups in total. The summed E-state index contributed by atoms with van der Waals surface area (Å²) in [7, 11) is 0. The van der Waals surface area contributed by atoms with E-state index >= 15 is 0 Å². The van der Waals surface area contributed by atoms with Crippen LogP contribution in [0.25, 0.3) is 6.08 Å². The van der Waals surface area contributed by atoms with E-state index in [-0.39, 0.29) is 18.1 Å². The van der Waals surface area contributed by atoms with Crippen molar-refractivity contribution in [3.8, 4) is 11.5 Å². The van der Waals surface area contributed by atoms with Gasteiger partial charge in [-0.2, -0.15) is 0 Å². The van der Waals surface area contributed by atoms with E-state index < -0.39 is 12.1 Å². The quantitative estimate of drug-likeness (QED) is 0.579. The number of benzene rings is 2. The summed E-state index contributed by atoms with van der Waals surface area (Å²) >= 11 is 5.87. The van der Waals surface area contributed by atoms with Crippen molar-refractivity contribution in [1.29, 1.82) is 0 Å². The molecule has 0 fully saturated rings. The van der Waals surface area contributed by atoms with E-state index in [2.05, 4.69) is 0 Å². The maximum absolute atomic E-state index is 12.5. The fraction of sp³-hybridized carbons (Fsp3) is 0.200. The van der Waals surface area contributed by atoms with Crippen molar-refractivity contribution >= 4 is 29.4 Å². The number of hydrogen-bond donors (Lipinski definition) is 0. The van der Waals surface area contributed by atoms with Gasteiger partial charge in [-0.25, -0.2) is 4.79 Å². The first kappa shape index (κ1) is 18.0. The van der Waals surface area contributed by atoms with Crippen LogP contribution in [0.4, 0.5) is 0 Å². The van der Waals surface area contributed by atoms with Crippen molar-refractivity contribution in [2.75, 3.05) is 6.61 Å². The Morgan fingerprint density at radius 3 is 2.65 bits per heavy atom. The lowest BCUT2D eigenvalue weighted by molar-refractivity contribution is -0.150. The Kier molecular flexibility index (Phi) is 5.28. The number of rotatable bonds is 5. The van der Waals surface area contributed by atoms with E-state index in [0.29, 0.717) is 22.1 Å². The third-order valence-electron chi connectivity index (χ3n) is 3.74. The van der Waals surface area contributed by atoms with Crippen LogP contribution in [-0.4, -0.2) is 24.5 Å². The summed E-state index contributed by atoms with van der Waals surface area (Å²) in [6.07, 6.45) is 0.898. The van der Waals surface area contributed by atoms with Crippen molar-refractivity contribution in [2.24, 2.45) is 0 Å². The molecule has 0 saturated carbocycles. The molecule has 1 unspecified atom stereocenters. The Bertz CT molecular complexity index is 870. The highest BCUT2D eigenvalue weighted by molar-refractivity contribution is 6.30. The minimum Gasteiger partial charge on any atom is -0.479 e. The zero-order valence-electron chi connectivity index (χ0n) is 14.3. The largest absolute Gasteiger partial charge is 0.479 e. The molecule has 1 heterocycles. The summed E-state index contributed by atoms with van der Waals surface area (Å²) in [6.45, 7) is 3.62. The molecule has 0 saturated heterocycles. The average molecular weight is 373 g/mol. The van der Waals surface area contributed by atoms with Crippen LogP contribution in [0.15, 0.2) is 48.2 Å². The normalized spacial score (nSPS) is 15.3. The van der Waals surface area contributed by atoms with Crippen molar-refractivity contribution in [2.45, 2.75) is 20.0 Å². The Labute approximate surface area is 156 Å². The summed E-state index contributed by atoms with van der Waals surface area (Å²) in [5.41, 5.74) is 1.25. The zero-order chi connectivity index (χ0) is 18.7. The summed E-state index contributed by atoms with van der Waals surface area (Å²) in [4.78, 5) is 24.1. The Balaban J connectivity index is 1.77. The second-order valence-corrected chi connectivity index (χ2v) is 6.10. The van der Waals surface area contributed by atoms with Crippen LogP contribution in [0, 0.1) is 0 Å². The van der Waals surface area contributed by atoms with Gasteiger partial charge in [-0.1, -0.05) is 23.7 Å². The highest BCUT2D eigenvalue weighted by atomic mass is 35.5. The molecule has 2 aromatic rings. The number of allylic oxidation sites excluding steroid dienone is 1. The van der Waals surface area contributed by atoms with Crippen LogP contribution in [0.3, 0.4) is 0 Å². The minimum absolute atomic E-state index is 0.208. The Morgan fingerprint density at radius 1 is 1.23 bits per heavy atom.